The van der Waals surface area contributed by atoms with Gasteiger partial charge >= 0.3 is 0 Å². The molecule has 0 bridgehead atoms. The third kappa shape index (κ3) is 3.22. The van der Waals surface area contributed by atoms with Gasteiger partial charge in [0, 0.05) is 25.9 Å². The third-order valence-electron chi connectivity index (χ3n) is 3.16. The largest absolute Gasteiger partial charge is 0.382 e. The number of hydrogen-bond acceptors (Lipinski definition) is 4. The standard InChI is InChI=1S/C12H20N4O2/c1-2-18-10-3-6-15(7-4-10)12(17)9-16-8-5-11(13)14-16/h5,8,10H,2-4,6-7,9H2,1H3,(H2,13,14). The van der Waals surface area contributed by atoms with E-state index in [1.165, 1.54) is 0 Å². The Morgan fingerprint density at radius 1 is 1.56 bits per heavy atom. The summed E-state index contributed by atoms with van der Waals surface area (Å²) >= 11 is 0. The molecule has 2 heterocycles. The molecule has 2 rings (SSSR count). The molecule has 1 saturated heterocycles. The van der Waals surface area contributed by atoms with Crippen LogP contribution in [0.5, 0.6) is 0 Å². The molecule has 1 fully saturated rings. The number of hydrogen-bond donors (Lipinski definition) is 1. The van der Waals surface area contributed by atoms with Gasteiger partial charge in [-0.05, 0) is 25.8 Å². The Morgan fingerprint density at radius 3 is 2.83 bits per heavy atom. The number of nitrogens with two attached hydrogens (primary N) is 1. The summed E-state index contributed by atoms with van der Waals surface area (Å²) in [5.41, 5.74) is 5.51. The molecule has 2 N–H and O–H groups in total. The van der Waals surface area contributed by atoms with E-state index in [4.69, 9.17) is 10.5 Å². The van der Waals surface area contributed by atoms with Crippen molar-refractivity contribution in [1.29, 1.82) is 0 Å². The maximum absolute atomic E-state index is 12.0. The minimum Gasteiger partial charge on any atom is -0.382 e. The van der Waals surface area contributed by atoms with E-state index in [1.807, 2.05) is 11.8 Å². The number of likely N-dealkylation sites (tertiary alicyclic amines) is 1. The fraction of sp³-hybridized carbons (Fsp3) is 0.667. The van der Waals surface area contributed by atoms with Gasteiger partial charge < -0.3 is 15.4 Å². The summed E-state index contributed by atoms with van der Waals surface area (Å²) in [5, 5.41) is 4.01. The van der Waals surface area contributed by atoms with E-state index in [0.29, 0.717) is 11.9 Å². The summed E-state index contributed by atoms with van der Waals surface area (Å²) in [7, 11) is 0. The SMILES string of the molecule is CCOC1CCN(C(=O)Cn2ccc(N)n2)CC1. The number of nitrogen functional groups attached to an aromatic ring is 1. The maximum Gasteiger partial charge on any atom is 0.244 e. The van der Waals surface area contributed by atoms with Crippen LogP contribution in [0.4, 0.5) is 5.82 Å². The Kier molecular flexibility index (Phi) is 4.19. The molecule has 1 aromatic rings. The van der Waals surface area contributed by atoms with Crippen molar-refractivity contribution < 1.29 is 9.53 Å². The van der Waals surface area contributed by atoms with Gasteiger partial charge in [-0.3, -0.25) is 9.48 Å². The Bertz CT molecular complexity index is 397. The second-order valence-electron chi connectivity index (χ2n) is 4.47. The lowest BCUT2D eigenvalue weighted by Gasteiger charge is -2.31. The number of carbonyl (C=O) groups is 1. The van der Waals surface area contributed by atoms with Crippen molar-refractivity contribution in [2.45, 2.75) is 32.4 Å². The number of ether oxygens (including phenoxy) is 1. The number of nitrogens with zero attached hydrogens (tertiary/aromatic N) is 3. The van der Waals surface area contributed by atoms with Gasteiger partial charge in [0.2, 0.25) is 5.91 Å². The van der Waals surface area contributed by atoms with Crippen molar-refractivity contribution in [3.8, 4) is 0 Å². The summed E-state index contributed by atoms with van der Waals surface area (Å²) in [4.78, 5) is 13.9. The summed E-state index contributed by atoms with van der Waals surface area (Å²) < 4.78 is 7.14. The van der Waals surface area contributed by atoms with E-state index in [2.05, 4.69) is 5.10 Å². The van der Waals surface area contributed by atoms with Crippen LogP contribution in [-0.4, -0.2) is 46.4 Å². The van der Waals surface area contributed by atoms with Crippen molar-refractivity contribution in [2.75, 3.05) is 25.4 Å². The van der Waals surface area contributed by atoms with Crippen LogP contribution >= 0.6 is 0 Å². The normalized spacial score (nSPS) is 17.1. The zero-order valence-electron chi connectivity index (χ0n) is 10.7. The molecule has 0 aromatic carbocycles. The van der Waals surface area contributed by atoms with E-state index in [0.717, 1.165) is 32.5 Å². The Balaban J connectivity index is 1.80. The number of aromatic nitrogens is 2. The van der Waals surface area contributed by atoms with Gasteiger partial charge in [-0.15, -0.1) is 0 Å². The minimum atomic E-state index is 0.0908. The number of anilines is 1. The lowest BCUT2D eigenvalue weighted by atomic mass is 10.1. The molecule has 1 aromatic heterocycles. The zero-order chi connectivity index (χ0) is 13.0. The molecule has 0 unspecified atom stereocenters. The first-order chi connectivity index (χ1) is 8.69. The molecule has 0 radical (unpaired) electrons. The maximum atomic E-state index is 12.0. The van der Waals surface area contributed by atoms with Gasteiger partial charge in [0.25, 0.3) is 0 Å². The van der Waals surface area contributed by atoms with E-state index in [9.17, 15) is 4.79 Å². The van der Waals surface area contributed by atoms with Gasteiger partial charge in [-0.1, -0.05) is 0 Å². The molecule has 1 aliphatic rings. The second-order valence-corrected chi connectivity index (χ2v) is 4.47. The van der Waals surface area contributed by atoms with Crippen LogP contribution < -0.4 is 5.73 Å². The van der Waals surface area contributed by atoms with Crippen molar-refractivity contribution >= 4 is 11.7 Å². The van der Waals surface area contributed by atoms with Gasteiger partial charge in [0.1, 0.15) is 12.4 Å². The molecule has 1 aliphatic heterocycles. The molecule has 0 spiro atoms. The highest BCUT2D eigenvalue weighted by Crippen LogP contribution is 2.14. The van der Waals surface area contributed by atoms with Crippen molar-refractivity contribution in [1.82, 2.24) is 14.7 Å². The highest BCUT2D eigenvalue weighted by atomic mass is 16.5. The summed E-state index contributed by atoms with van der Waals surface area (Å²) in [6.07, 6.45) is 3.86. The minimum absolute atomic E-state index is 0.0908. The number of carbonyl (C=O) groups excluding carboxylic acids is 1. The number of piperidine rings is 1. The number of rotatable bonds is 4. The van der Waals surface area contributed by atoms with Crippen molar-refractivity contribution in [3.63, 3.8) is 0 Å². The first-order valence-corrected chi connectivity index (χ1v) is 6.37. The molecule has 100 valence electrons. The highest BCUT2D eigenvalue weighted by Gasteiger charge is 2.22. The van der Waals surface area contributed by atoms with Crippen LogP contribution in [0.1, 0.15) is 19.8 Å². The van der Waals surface area contributed by atoms with Crippen LogP contribution in [0.2, 0.25) is 0 Å². The lowest BCUT2D eigenvalue weighted by Crippen LogP contribution is -2.42. The van der Waals surface area contributed by atoms with Gasteiger partial charge in [-0.25, -0.2) is 0 Å². The predicted molar refractivity (Wildman–Crippen MR) is 67.9 cm³/mol. The van der Waals surface area contributed by atoms with Crippen LogP contribution in [0.15, 0.2) is 12.3 Å². The third-order valence-corrected chi connectivity index (χ3v) is 3.16. The molecule has 18 heavy (non-hydrogen) atoms. The van der Waals surface area contributed by atoms with Gasteiger partial charge in [-0.2, -0.15) is 5.10 Å². The predicted octanol–water partition coefficient (Wildman–Crippen LogP) is 0.493. The van der Waals surface area contributed by atoms with Crippen LogP contribution in [-0.2, 0) is 16.1 Å². The Morgan fingerprint density at radius 2 is 2.28 bits per heavy atom. The van der Waals surface area contributed by atoms with Gasteiger partial charge in [0.05, 0.1) is 6.10 Å². The quantitative estimate of drug-likeness (QED) is 0.846. The summed E-state index contributed by atoms with van der Waals surface area (Å²) in [6.45, 7) is 4.53. The average Bonchev–Trinajstić information content (AvgIpc) is 2.76. The monoisotopic (exact) mass is 252 g/mol. The first-order valence-electron chi connectivity index (χ1n) is 6.37. The summed E-state index contributed by atoms with van der Waals surface area (Å²) in [5.74, 6) is 0.533. The van der Waals surface area contributed by atoms with Crippen LogP contribution in [0.25, 0.3) is 0 Å². The molecular formula is C12H20N4O2. The Hall–Kier alpha value is -1.56. The van der Waals surface area contributed by atoms with Crippen molar-refractivity contribution in [2.24, 2.45) is 0 Å². The molecule has 0 saturated carbocycles. The zero-order valence-corrected chi connectivity index (χ0v) is 10.7. The van der Waals surface area contributed by atoms with E-state index in [-0.39, 0.29) is 12.5 Å². The fourth-order valence-electron chi connectivity index (χ4n) is 2.21. The molecular weight excluding hydrogens is 232 g/mol. The van der Waals surface area contributed by atoms with Crippen LogP contribution in [0.3, 0.4) is 0 Å². The fourth-order valence-corrected chi connectivity index (χ4v) is 2.21. The second kappa shape index (κ2) is 5.86. The number of amides is 1. The highest BCUT2D eigenvalue weighted by molar-refractivity contribution is 5.76. The lowest BCUT2D eigenvalue weighted by molar-refractivity contribution is -0.134. The molecule has 0 atom stereocenters. The van der Waals surface area contributed by atoms with Crippen LogP contribution in [0, 0.1) is 0 Å². The van der Waals surface area contributed by atoms with E-state index >= 15 is 0 Å². The molecule has 0 aliphatic carbocycles. The van der Waals surface area contributed by atoms with E-state index < -0.39 is 0 Å². The first kappa shape index (κ1) is 12.9. The van der Waals surface area contributed by atoms with E-state index in [1.54, 1.807) is 16.9 Å². The Labute approximate surface area is 107 Å². The van der Waals surface area contributed by atoms with Crippen molar-refractivity contribution in [3.05, 3.63) is 12.3 Å². The average molecular weight is 252 g/mol. The smallest absolute Gasteiger partial charge is 0.244 e. The molecule has 1 amide bonds. The molecule has 6 heteroatoms. The molecule has 6 nitrogen and oxygen atoms in total. The summed E-state index contributed by atoms with van der Waals surface area (Å²) in [6, 6.07) is 1.69. The van der Waals surface area contributed by atoms with Gasteiger partial charge in [0.15, 0.2) is 0 Å². The topological polar surface area (TPSA) is 73.4 Å².